The number of hydrogen-bond donors (Lipinski definition) is 1. The van der Waals surface area contributed by atoms with Gasteiger partial charge in [-0.25, -0.2) is 14.3 Å². The number of aromatic carboxylic acids is 1. The maximum absolute atomic E-state index is 12.3. The second kappa shape index (κ2) is 8.13. The molecule has 3 rings (SSSR count). The van der Waals surface area contributed by atoms with Gasteiger partial charge < -0.3 is 14.7 Å². The molecule has 10 heteroatoms. The lowest BCUT2D eigenvalue weighted by Gasteiger charge is -2.33. The molecule has 30 heavy (non-hydrogen) atoms. The van der Waals surface area contributed by atoms with Gasteiger partial charge in [0.2, 0.25) is 0 Å². The van der Waals surface area contributed by atoms with Gasteiger partial charge in [-0.3, -0.25) is 10.1 Å². The minimum atomic E-state index is -1.09. The lowest BCUT2D eigenvalue weighted by Crippen LogP contribution is -2.41. The molecule has 1 aliphatic heterocycles. The summed E-state index contributed by atoms with van der Waals surface area (Å²) >= 11 is 0. The second-order valence-electron chi connectivity index (χ2n) is 8.18. The fourth-order valence-electron chi connectivity index (χ4n) is 3.50. The number of hydrogen-bond acceptors (Lipinski definition) is 6. The fraction of sp³-hybridized carbons (Fsp3) is 0.450. The van der Waals surface area contributed by atoms with E-state index in [1.54, 1.807) is 25.7 Å². The molecule has 0 atom stereocenters. The van der Waals surface area contributed by atoms with Crippen LogP contribution in [0.2, 0.25) is 0 Å². The first kappa shape index (κ1) is 21.3. The molecule has 1 aromatic heterocycles. The monoisotopic (exact) mass is 416 g/mol. The quantitative estimate of drug-likeness (QED) is 0.596. The van der Waals surface area contributed by atoms with E-state index < -0.39 is 16.5 Å². The number of rotatable bonds is 4. The number of non-ortho nitro benzene ring substituents is 1. The Balaban J connectivity index is 1.84. The van der Waals surface area contributed by atoms with Crippen molar-refractivity contribution >= 4 is 17.7 Å². The Morgan fingerprint density at radius 3 is 2.30 bits per heavy atom. The fourth-order valence-corrected chi connectivity index (χ4v) is 3.50. The topological polar surface area (TPSA) is 128 Å². The van der Waals surface area contributed by atoms with E-state index >= 15 is 0 Å². The number of carbonyl (C=O) groups is 2. The molecule has 1 aliphatic rings. The van der Waals surface area contributed by atoms with Gasteiger partial charge in [-0.2, -0.15) is 5.10 Å². The summed E-state index contributed by atoms with van der Waals surface area (Å²) in [7, 11) is 0. The lowest BCUT2D eigenvalue weighted by atomic mass is 9.91. The molecular weight excluding hydrogens is 392 g/mol. The molecule has 0 saturated carbocycles. The molecule has 1 saturated heterocycles. The minimum absolute atomic E-state index is 0.0587. The van der Waals surface area contributed by atoms with Crippen LogP contribution in [0.4, 0.5) is 10.5 Å². The number of likely N-dealkylation sites (tertiary alicyclic amines) is 1. The van der Waals surface area contributed by atoms with Gasteiger partial charge >= 0.3 is 12.1 Å². The van der Waals surface area contributed by atoms with Crippen LogP contribution in [0.15, 0.2) is 30.5 Å². The van der Waals surface area contributed by atoms with E-state index in [1.807, 2.05) is 0 Å². The van der Waals surface area contributed by atoms with Crippen molar-refractivity contribution in [1.82, 2.24) is 14.7 Å². The first-order chi connectivity index (χ1) is 14.1. The number of benzene rings is 1. The highest BCUT2D eigenvalue weighted by atomic mass is 16.6. The maximum atomic E-state index is 12.3. The molecule has 1 amide bonds. The van der Waals surface area contributed by atoms with E-state index in [4.69, 9.17) is 4.74 Å². The molecule has 0 aliphatic carbocycles. The van der Waals surface area contributed by atoms with Gasteiger partial charge in [0.05, 0.1) is 22.5 Å². The lowest BCUT2D eigenvalue weighted by molar-refractivity contribution is -0.384. The van der Waals surface area contributed by atoms with E-state index in [-0.39, 0.29) is 23.3 Å². The minimum Gasteiger partial charge on any atom is -0.478 e. The third-order valence-corrected chi connectivity index (χ3v) is 4.88. The van der Waals surface area contributed by atoms with Crippen LogP contribution in [0.1, 0.15) is 55.6 Å². The average molecular weight is 416 g/mol. The predicted octanol–water partition coefficient (Wildman–Crippen LogP) is 3.59. The van der Waals surface area contributed by atoms with Crippen LogP contribution in [0.5, 0.6) is 0 Å². The number of carboxylic acid groups (broad SMARTS) is 1. The highest BCUT2D eigenvalue weighted by Gasteiger charge is 2.32. The molecule has 10 nitrogen and oxygen atoms in total. The number of amides is 1. The van der Waals surface area contributed by atoms with Gasteiger partial charge in [-0.1, -0.05) is 0 Å². The Hall–Kier alpha value is -3.43. The average Bonchev–Trinajstić information content (AvgIpc) is 3.12. The molecule has 1 aromatic carbocycles. The van der Waals surface area contributed by atoms with E-state index in [1.165, 1.54) is 35.1 Å². The Morgan fingerprint density at radius 2 is 1.80 bits per heavy atom. The molecule has 0 unspecified atom stereocenters. The van der Waals surface area contributed by atoms with Crippen LogP contribution in [0.3, 0.4) is 0 Å². The van der Waals surface area contributed by atoms with Crippen molar-refractivity contribution in [3.8, 4) is 5.69 Å². The SMILES string of the molecule is CC(C)(C)OC(=O)N1CCC(c2c(C(=O)O)cnn2-c2ccc([N+](=O)[O-])cc2)CC1. The van der Waals surface area contributed by atoms with Gasteiger partial charge in [0.25, 0.3) is 5.69 Å². The van der Waals surface area contributed by atoms with Crippen LogP contribution in [0, 0.1) is 10.1 Å². The predicted molar refractivity (Wildman–Crippen MR) is 107 cm³/mol. The Kier molecular flexibility index (Phi) is 5.77. The molecule has 1 N–H and O–H groups in total. The van der Waals surface area contributed by atoms with Gasteiger partial charge in [0.1, 0.15) is 11.2 Å². The molecule has 0 spiro atoms. The summed E-state index contributed by atoms with van der Waals surface area (Å²) in [5, 5.41) is 24.7. The van der Waals surface area contributed by atoms with E-state index in [0.29, 0.717) is 37.3 Å². The zero-order chi connectivity index (χ0) is 22.1. The van der Waals surface area contributed by atoms with Crippen molar-refractivity contribution in [3.05, 3.63) is 51.8 Å². The van der Waals surface area contributed by atoms with Crippen molar-refractivity contribution in [2.24, 2.45) is 0 Å². The molecule has 160 valence electrons. The van der Waals surface area contributed by atoms with Crippen molar-refractivity contribution in [2.45, 2.75) is 45.1 Å². The number of aromatic nitrogens is 2. The summed E-state index contributed by atoms with van der Waals surface area (Å²) in [6, 6.07) is 5.78. The van der Waals surface area contributed by atoms with Crippen LogP contribution in [-0.4, -0.2) is 55.5 Å². The number of piperidine rings is 1. The number of nitrogens with zero attached hydrogens (tertiary/aromatic N) is 4. The smallest absolute Gasteiger partial charge is 0.410 e. The Bertz CT molecular complexity index is 953. The highest BCUT2D eigenvalue weighted by Crippen LogP contribution is 2.33. The molecule has 0 bridgehead atoms. The number of nitro groups is 1. The number of carboxylic acids is 1. The van der Waals surface area contributed by atoms with Gasteiger partial charge in [0.15, 0.2) is 0 Å². The Morgan fingerprint density at radius 1 is 1.20 bits per heavy atom. The third-order valence-electron chi connectivity index (χ3n) is 4.88. The van der Waals surface area contributed by atoms with Crippen molar-refractivity contribution < 1.29 is 24.4 Å². The largest absolute Gasteiger partial charge is 0.478 e. The van der Waals surface area contributed by atoms with E-state index in [0.717, 1.165) is 0 Å². The zero-order valence-electron chi connectivity index (χ0n) is 17.1. The number of nitro benzene ring substituents is 1. The van der Waals surface area contributed by atoms with Crippen LogP contribution < -0.4 is 0 Å². The van der Waals surface area contributed by atoms with Crippen LogP contribution >= 0.6 is 0 Å². The van der Waals surface area contributed by atoms with Gasteiger partial charge in [-0.05, 0) is 45.7 Å². The number of ether oxygens (including phenoxy) is 1. The maximum Gasteiger partial charge on any atom is 0.410 e. The number of carbonyl (C=O) groups excluding carboxylic acids is 1. The van der Waals surface area contributed by atoms with E-state index in [9.17, 15) is 24.8 Å². The van der Waals surface area contributed by atoms with Crippen molar-refractivity contribution in [3.63, 3.8) is 0 Å². The normalized spacial score (nSPS) is 15.1. The summed E-state index contributed by atoms with van der Waals surface area (Å²) in [5.74, 6) is -1.22. The molecule has 2 heterocycles. The highest BCUT2D eigenvalue weighted by molar-refractivity contribution is 5.89. The summed E-state index contributed by atoms with van der Waals surface area (Å²) in [5.41, 5.74) is 0.511. The van der Waals surface area contributed by atoms with Crippen LogP contribution in [-0.2, 0) is 4.74 Å². The summed E-state index contributed by atoms with van der Waals surface area (Å²) in [4.78, 5) is 36.1. The third kappa shape index (κ3) is 4.58. The Labute approximate surface area is 173 Å². The summed E-state index contributed by atoms with van der Waals surface area (Å²) in [6.07, 6.45) is 2.01. The van der Waals surface area contributed by atoms with Gasteiger partial charge in [-0.15, -0.1) is 0 Å². The summed E-state index contributed by atoms with van der Waals surface area (Å²) in [6.45, 7) is 6.28. The van der Waals surface area contributed by atoms with Gasteiger partial charge in [0, 0.05) is 31.1 Å². The molecule has 2 aromatic rings. The molecule has 1 fully saturated rings. The first-order valence-electron chi connectivity index (χ1n) is 9.61. The standard InChI is InChI=1S/C20H24N4O6/c1-20(2,3)30-19(27)22-10-8-13(9-11-22)17-16(18(25)26)12-21-23(17)14-4-6-15(7-5-14)24(28)29/h4-7,12-13H,8-11H2,1-3H3,(H,25,26). The molecular formula is C20H24N4O6. The van der Waals surface area contributed by atoms with Crippen molar-refractivity contribution in [1.29, 1.82) is 0 Å². The summed E-state index contributed by atoms with van der Waals surface area (Å²) < 4.78 is 6.92. The zero-order valence-corrected chi connectivity index (χ0v) is 17.1. The molecule has 0 radical (unpaired) electrons. The van der Waals surface area contributed by atoms with Crippen molar-refractivity contribution in [2.75, 3.05) is 13.1 Å². The van der Waals surface area contributed by atoms with E-state index in [2.05, 4.69) is 5.10 Å². The first-order valence-corrected chi connectivity index (χ1v) is 9.61. The second-order valence-corrected chi connectivity index (χ2v) is 8.18. The van der Waals surface area contributed by atoms with Crippen LogP contribution in [0.25, 0.3) is 5.69 Å².